The fourth-order valence-electron chi connectivity index (χ4n) is 2.49. The normalized spacial score (nSPS) is 25.6. The van der Waals surface area contributed by atoms with Crippen molar-refractivity contribution in [2.75, 3.05) is 6.61 Å². The largest absolute Gasteiger partial charge is 0.496 e. The maximum Gasteiger partial charge on any atom is 0.120 e. The summed E-state index contributed by atoms with van der Waals surface area (Å²) in [6.07, 6.45) is 10.1. The third kappa shape index (κ3) is 2.50. The summed E-state index contributed by atoms with van der Waals surface area (Å²) in [5.74, 6) is 1.57. The molecule has 80 valence electrons. The summed E-state index contributed by atoms with van der Waals surface area (Å²) in [7, 11) is 0. The predicted octanol–water partition coefficient (Wildman–Crippen LogP) is 2.62. The molecule has 1 atom stereocenters. The van der Waals surface area contributed by atoms with Gasteiger partial charge in [0.25, 0.3) is 0 Å². The number of rotatable bonds is 3. The van der Waals surface area contributed by atoms with E-state index >= 15 is 0 Å². The molecule has 14 heavy (non-hydrogen) atoms. The van der Waals surface area contributed by atoms with Crippen molar-refractivity contribution >= 4 is 0 Å². The summed E-state index contributed by atoms with van der Waals surface area (Å²) in [5.41, 5.74) is 0. The lowest BCUT2D eigenvalue weighted by Gasteiger charge is -2.21. The van der Waals surface area contributed by atoms with Gasteiger partial charge in [-0.2, -0.15) is 0 Å². The minimum atomic E-state index is -0.335. The Balaban J connectivity index is 1.81. The molecule has 2 heteroatoms. The van der Waals surface area contributed by atoms with Gasteiger partial charge in [-0.3, -0.25) is 0 Å². The molecule has 2 nitrogen and oxygen atoms in total. The van der Waals surface area contributed by atoms with E-state index in [0.717, 1.165) is 37.5 Å². The Morgan fingerprint density at radius 3 is 2.79 bits per heavy atom. The minimum absolute atomic E-state index is 0.335. The lowest BCUT2D eigenvalue weighted by Crippen LogP contribution is -2.19. The summed E-state index contributed by atoms with van der Waals surface area (Å²) >= 11 is 0. The third-order valence-corrected chi connectivity index (χ3v) is 3.32. The number of allylic oxidation sites excluding steroid dienone is 1. The molecule has 0 spiro atoms. The van der Waals surface area contributed by atoms with Gasteiger partial charge in [0.2, 0.25) is 0 Å². The average molecular weight is 196 g/mol. The van der Waals surface area contributed by atoms with Crippen LogP contribution in [-0.2, 0) is 4.74 Å². The zero-order valence-corrected chi connectivity index (χ0v) is 8.74. The Hall–Kier alpha value is -0.500. The van der Waals surface area contributed by atoms with E-state index in [0.29, 0.717) is 0 Å². The van der Waals surface area contributed by atoms with Crippen LogP contribution in [0.15, 0.2) is 11.8 Å². The highest BCUT2D eigenvalue weighted by Crippen LogP contribution is 2.30. The van der Waals surface area contributed by atoms with E-state index in [9.17, 15) is 5.11 Å². The van der Waals surface area contributed by atoms with Crippen LogP contribution in [-0.4, -0.2) is 17.8 Å². The molecule has 1 heterocycles. The van der Waals surface area contributed by atoms with E-state index in [2.05, 4.69) is 6.08 Å². The molecule has 2 aliphatic rings. The van der Waals surface area contributed by atoms with Gasteiger partial charge in [0.05, 0.1) is 6.61 Å². The van der Waals surface area contributed by atoms with Crippen LogP contribution in [0.25, 0.3) is 0 Å². The van der Waals surface area contributed by atoms with Gasteiger partial charge in [-0.05, 0) is 31.3 Å². The zero-order chi connectivity index (χ0) is 9.80. The lowest BCUT2D eigenvalue weighted by atomic mass is 9.98. The van der Waals surface area contributed by atoms with Crippen molar-refractivity contribution in [3.8, 4) is 0 Å². The first kappa shape index (κ1) is 10.0. The molecule has 0 radical (unpaired) electrons. The van der Waals surface area contributed by atoms with E-state index in [1.54, 1.807) is 0 Å². The van der Waals surface area contributed by atoms with E-state index < -0.39 is 0 Å². The Morgan fingerprint density at radius 2 is 2.14 bits per heavy atom. The molecule has 1 N–H and O–H groups in total. The van der Waals surface area contributed by atoms with Crippen LogP contribution in [0.2, 0.25) is 0 Å². The Morgan fingerprint density at radius 1 is 1.36 bits per heavy atom. The predicted molar refractivity (Wildman–Crippen MR) is 55.9 cm³/mol. The molecule has 0 amide bonds. The van der Waals surface area contributed by atoms with Crippen molar-refractivity contribution in [2.45, 2.75) is 51.0 Å². The summed E-state index contributed by atoms with van der Waals surface area (Å²) in [6.45, 7) is 0.785. The number of hydrogen-bond donors (Lipinski definition) is 1. The molecule has 0 bridgehead atoms. The van der Waals surface area contributed by atoms with Crippen molar-refractivity contribution in [2.24, 2.45) is 5.92 Å². The summed E-state index contributed by atoms with van der Waals surface area (Å²) in [4.78, 5) is 0. The fraction of sp³-hybridized carbons (Fsp3) is 0.833. The number of hydrogen-bond acceptors (Lipinski definition) is 2. The van der Waals surface area contributed by atoms with E-state index in [1.165, 1.54) is 25.7 Å². The second kappa shape index (κ2) is 4.83. The van der Waals surface area contributed by atoms with E-state index in [4.69, 9.17) is 4.74 Å². The van der Waals surface area contributed by atoms with Gasteiger partial charge in [0.15, 0.2) is 0 Å². The van der Waals surface area contributed by atoms with Crippen molar-refractivity contribution in [1.29, 1.82) is 0 Å². The highest BCUT2D eigenvalue weighted by Gasteiger charge is 2.22. The Labute approximate surface area is 86.0 Å². The SMILES string of the molecule is OC(CC1CCCC1)C1=CCCCO1. The molecule has 1 aliphatic carbocycles. The monoisotopic (exact) mass is 196 g/mol. The quantitative estimate of drug-likeness (QED) is 0.752. The smallest absolute Gasteiger partial charge is 0.120 e. The van der Waals surface area contributed by atoms with Crippen molar-refractivity contribution < 1.29 is 9.84 Å². The van der Waals surface area contributed by atoms with Gasteiger partial charge in [0, 0.05) is 0 Å². The van der Waals surface area contributed by atoms with Gasteiger partial charge < -0.3 is 9.84 Å². The van der Waals surface area contributed by atoms with Gasteiger partial charge in [0.1, 0.15) is 11.9 Å². The molecule has 0 saturated heterocycles. The molecule has 1 unspecified atom stereocenters. The van der Waals surface area contributed by atoms with Crippen LogP contribution in [0.3, 0.4) is 0 Å². The van der Waals surface area contributed by atoms with Crippen LogP contribution >= 0.6 is 0 Å². The van der Waals surface area contributed by atoms with Crippen LogP contribution < -0.4 is 0 Å². The van der Waals surface area contributed by atoms with Crippen LogP contribution in [0, 0.1) is 5.92 Å². The molecule has 1 saturated carbocycles. The first-order valence-electron chi connectivity index (χ1n) is 5.87. The molecule has 0 aromatic carbocycles. The highest BCUT2D eigenvalue weighted by molar-refractivity contribution is 5.02. The van der Waals surface area contributed by atoms with Crippen molar-refractivity contribution in [3.63, 3.8) is 0 Å². The Bertz CT molecular complexity index is 204. The zero-order valence-electron chi connectivity index (χ0n) is 8.74. The van der Waals surface area contributed by atoms with Crippen molar-refractivity contribution in [3.05, 3.63) is 11.8 Å². The molecule has 0 aromatic rings. The van der Waals surface area contributed by atoms with E-state index in [1.807, 2.05) is 0 Å². The lowest BCUT2D eigenvalue weighted by molar-refractivity contribution is 0.0767. The van der Waals surface area contributed by atoms with Gasteiger partial charge in [-0.1, -0.05) is 25.7 Å². The summed E-state index contributed by atoms with van der Waals surface area (Å²) in [5, 5.41) is 9.94. The maximum absolute atomic E-state index is 9.94. The van der Waals surface area contributed by atoms with E-state index in [-0.39, 0.29) is 6.10 Å². The molecule has 1 fully saturated rings. The fourth-order valence-corrected chi connectivity index (χ4v) is 2.49. The summed E-state index contributed by atoms with van der Waals surface area (Å²) in [6, 6.07) is 0. The second-order valence-corrected chi connectivity index (χ2v) is 4.50. The number of ether oxygens (including phenoxy) is 1. The van der Waals surface area contributed by atoms with Gasteiger partial charge in [-0.15, -0.1) is 0 Å². The Kier molecular flexibility index (Phi) is 3.46. The number of aliphatic hydroxyl groups excluding tert-OH is 1. The van der Waals surface area contributed by atoms with Gasteiger partial charge in [-0.25, -0.2) is 0 Å². The summed E-state index contributed by atoms with van der Waals surface area (Å²) < 4.78 is 5.46. The standard InChI is InChI=1S/C12H20O2/c13-11(9-10-5-1-2-6-10)12-7-3-4-8-14-12/h7,10-11,13H,1-6,8-9H2. The molecular weight excluding hydrogens is 176 g/mol. The highest BCUT2D eigenvalue weighted by atomic mass is 16.5. The molecule has 1 aliphatic heterocycles. The minimum Gasteiger partial charge on any atom is -0.496 e. The maximum atomic E-state index is 9.94. The third-order valence-electron chi connectivity index (χ3n) is 3.32. The van der Waals surface area contributed by atoms with Gasteiger partial charge >= 0.3 is 0 Å². The average Bonchev–Trinajstić information content (AvgIpc) is 2.72. The molecular formula is C12H20O2. The first-order chi connectivity index (χ1) is 6.86. The van der Waals surface area contributed by atoms with Crippen LogP contribution in [0.1, 0.15) is 44.9 Å². The second-order valence-electron chi connectivity index (χ2n) is 4.50. The van der Waals surface area contributed by atoms with Crippen LogP contribution in [0.4, 0.5) is 0 Å². The van der Waals surface area contributed by atoms with Crippen LogP contribution in [0.5, 0.6) is 0 Å². The van der Waals surface area contributed by atoms with Crippen molar-refractivity contribution in [1.82, 2.24) is 0 Å². The number of aliphatic hydroxyl groups is 1. The molecule has 2 rings (SSSR count). The molecule has 0 aromatic heterocycles. The first-order valence-corrected chi connectivity index (χ1v) is 5.87. The topological polar surface area (TPSA) is 29.5 Å².